The Morgan fingerprint density at radius 1 is 1.21 bits per heavy atom. The first-order valence-electron chi connectivity index (χ1n) is 7.73. The molecule has 1 aromatic carbocycles. The summed E-state index contributed by atoms with van der Waals surface area (Å²) < 4.78 is 1.02. The van der Waals surface area contributed by atoms with Crippen LogP contribution in [0.4, 0.5) is 11.4 Å². The lowest BCUT2D eigenvalue weighted by Crippen LogP contribution is -2.26. The van der Waals surface area contributed by atoms with Crippen LogP contribution < -0.4 is 10.9 Å². The number of anilines is 1. The molecule has 1 aromatic heterocycles. The highest BCUT2D eigenvalue weighted by Crippen LogP contribution is 2.12. The number of pyridine rings is 1. The molecule has 0 saturated carbocycles. The number of hydrogen-bond acceptors (Lipinski definition) is 4. The summed E-state index contributed by atoms with van der Waals surface area (Å²) in [6, 6.07) is 9.70. The first-order valence-corrected chi connectivity index (χ1v) is 7.73. The number of nitrogens with zero attached hydrogens (tertiary/aromatic N) is 2. The maximum atomic E-state index is 12.0. The summed E-state index contributed by atoms with van der Waals surface area (Å²) in [5.41, 5.74) is 1.12. The van der Waals surface area contributed by atoms with Crippen LogP contribution in [0.3, 0.4) is 0 Å². The second-order valence-electron chi connectivity index (χ2n) is 5.46. The van der Waals surface area contributed by atoms with Crippen LogP contribution in [0.1, 0.15) is 25.3 Å². The number of carbonyl (C=O) groups is 1. The van der Waals surface area contributed by atoms with Crippen LogP contribution in [0, 0.1) is 10.1 Å². The van der Waals surface area contributed by atoms with E-state index in [1.54, 1.807) is 12.1 Å². The summed E-state index contributed by atoms with van der Waals surface area (Å²) in [5.74, 6) is -0.418. The highest BCUT2D eigenvalue weighted by Gasteiger charge is 2.10. The van der Waals surface area contributed by atoms with Crippen molar-refractivity contribution in [2.24, 2.45) is 0 Å². The summed E-state index contributed by atoms with van der Waals surface area (Å²) in [6.45, 7) is 1.85. The van der Waals surface area contributed by atoms with Gasteiger partial charge in [-0.1, -0.05) is 25.5 Å². The number of carbonyl (C=O) groups excluding carboxylic acids is 1. The van der Waals surface area contributed by atoms with E-state index < -0.39 is 16.4 Å². The highest BCUT2D eigenvalue weighted by molar-refractivity contribution is 5.90. The van der Waals surface area contributed by atoms with Gasteiger partial charge >= 0.3 is 0 Å². The number of amides is 1. The average molecular weight is 329 g/mol. The number of aromatic nitrogens is 1. The SMILES string of the molecule is CCCCc1ccc(NC(=O)Cn2cc([N+](=O)[O-])ccc2=O)cc1. The Bertz CT molecular complexity index is 781. The summed E-state index contributed by atoms with van der Waals surface area (Å²) >= 11 is 0. The molecule has 0 bridgehead atoms. The van der Waals surface area contributed by atoms with Crippen LogP contribution in [0.15, 0.2) is 47.4 Å². The number of benzene rings is 1. The quantitative estimate of drug-likeness (QED) is 0.624. The molecule has 0 fully saturated rings. The average Bonchev–Trinajstić information content (AvgIpc) is 2.56. The Hall–Kier alpha value is -2.96. The topological polar surface area (TPSA) is 94.2 Å². The van der Waals surface area contributed by atoms with Gasteiger partial charge < -0.3 is 5.32 Å². The monoisotopic (exact) mass is 329 g/mol. The first kappa shape index (κ1) is 17.4. The van der Waals surface area contributed by atoms with E-state index in [4.69, 9.17) is 0 Å². The summed E-state index contributed by atoms with van der Waals surface area (Å²) in [6.07, 6.45) is 4.29. The lowest BCUT2D eigenvalue weighted by atomic mass is 10.1. The van der Waals surface area contributed by atoms with Crippen molar-refractivity contribution < 1.29 is 9.72 Å². The van der Waals surface area contributed by atoms with Crippen molar-refractivity contribution in [1.29, 1.82) is 0 Å². The Kier molecular flexibility index (Phi) is 5.83. The van der Waals surface area contributed by atoms with Gasteiger partial charge in [0.05, 0.1) is 11.1 Å². The van der Waals surface area contributed by atoms with Crippen molar-refractivity contribution in [1.82, 2.24) is 4.57 Å². The van der Waals surface area contributed by atoms with E-state index in [9.17, 15) is 19.7 Å². The molecule has 0 atom stereocenters. The molecule has 0 aliphatic heterocycles. The van der Waals surface area contributed by atoms with Crippen molar-refractivity contribution in [3.05, 3.63) is 68.6 Å². The Morgan fingerprint density at radius 2 is 1.92 bits per heavy atom. The van der Waals surface area contributed by atoms with Gasteiger partial charge in [-0.2, -0.15) is 0 Å². The van der Waals surface area contributed by atoms with Crippen molar-refractivity contribution in [2.75, 3.05) is 5.32 Å². The zero-order valence-electron chi connectivity index (χ0n) is 13.4. The van der Waals surface area contributed by atoms with Crippen LogP contribution in [0.2, 0.25) is 0 Å². The van der Waals surface area contributed by atoms with Crippen LogP contribution in [0.5, 0.6) is 0 Å². The summed E-state index contributed by atoms with van der Waals surface area (Å²) in [7, 11) is 0. The van der Waals surface area contributed by atoms with E-state index in [1.807, 2.05) is 12.1 Å². The molecule has 1 N–H and O–H groups in total. The molecule has 7 nitrogen and oxygen atoms in total. The summed E-state index contributed by atoms with van der Waals surface area (Å²) in [5, 5.41) is 13.4. The smallest absolute Gasteiger partial charge is 0.285 e. The number of rotatable bonds is 7. The summed E-state index contributed by atoms with van der Waals surface area (Å²) in [4.78, 5) is 33.8. The number of nitrogens with one attached hydrogen (secondary N) is 1. The highest BCUT2D eigenvalue weighted by atomic mass is 16.6. The van der Waals surface area contributed by atoms with E-state index in [-0.39, 0.29) is 12.2 Å². The molecule has 2 rings (SSSR count). The Morgan fingerprint density at radius 3 is 2.54 bits per heavy atom. The normalized spacial score (nSPS) is 10.4. The van der Waals surface area contributed by atoms with E-state index >= 15 is 0 Å². The van der Waals surface area contributed by atoms with Crippen molar-refractivity contribution in [2.45, 2.75) is 32.7 Å². The maximum Gasteiger partial charge on any atom is 0.285 e. The second-order valence-corrected chi connectivity index (χ2v) is 5.46. The molecule has 0 aliphatic rings. The first-order chi connectivity index (χ1) is 11.5. The lowest BCUT2D eigenvalue weighted by Gasteiger charge is -2.08. The molecule has 0 saturated heterocycles. The molecule has 0 radical (unpaired) electrons. The van der Waals surface area contributed by atoms with Gasteiger partial charge in [0.1, 0.15) is 6.54 Å². The molecule has 2 aromatic rings. The predicted molar refractivity (Wildman–Crippen MR) is 91.0 cm³/mol. The molecule has 24 heavy (non-hydrogen) atoms. The number of unbranched alkanes of at least 4 members (excludes halogenated alkanes) is 1. The molecule has 1 amide bonds. The third kappa shape index (κ3) is 4.77. The van der Waals surface area contributed by atoms with Gasteiger partial charge in [0.2, 0.25) is 5.91 Å². The predicted octanol–water partition coefficient (Wildman–Crippen LogP) is 2.74. The minimum absolute atomic E-state index is 0.234. The van der Waals surface area contributed by atoms with E-state index in [2.05, 4.69) is 12.2 Å². The molecule has 126 valence electrons. The van der Waals surface area contributed by atoms with Crippen LogP contribution >= 0.6 is 0 Å². The fourth-order valence-corrected chi connectivity index (χ4v) is 2.24. The third-order valence-electron chi connectivity index (χ3n) is 3.55. The second kappa shape index (κ2) is 8.05. The van der Waals surface area contributed by atoms with Gasteiger partial charge in [-0.05, 0) is 30.5 Å². The molecule has 0 unspecified atom stereocenters. The van der Waals surface area contributed by atoms with E-state index in [0.717, 1.165) is 42.2 Å². The van der Waals surface area contributed by atoms with Gasteiger partial charge in [-0.3, -0.25) is 24.3 Å². The van der Waals surface area contributed by atoms with Crippen molar-refractivity contribution in [3.63, 3.8) is 0 Å². The molecule has 0 aliphatic carbocycles. The van der Waals surface area contributed by atoms with Crippen molar-refractivity contribution >= 4 is 17.3 Å². The van der Waals surface area contributed by atoms with E-state index in [0.29, 0.717) is 5.69 Å². The number of aryl methyl sites for hydroxylation is 1. The fourth-order valence-electron chi connectivity index (χ4n) is 2.24. The van der Waals surface area contributed by atoms with Crippen LogP contribution in [-0.4, -0.2) is 15.4 Å². The standard InChI is InChI=1S/C17H19N3O4/c1-2-3-4-13-5-7-14(8-6-13)18-16(21)12-19-11-15(20(23)24)9-10-17(19)22/h5-11H,2-4,12H2,1H3,(H,18,21). The molecular weight excluding hydrogens is 310 g/mol. The number of nitro groups is 1. The Balaban J connectivity index is 2.02. The third-order valence-corrected chi connectivity index (χ3v) is 3.55. The van der Waals surface area contributed by atoms with Crippen LogP contribution in [-0.2, 0) is 17.8 Å². The molecule has 1 heterocycles. The Labute approximate surface area is 139 Å². The van der Waals surface area contributed by atoms with Gasteiger partial charge in [0.15, 0.2) is 0 Å². The zero-order valence-corrected chi connectivity index (χ0v) is 13.4. The van der Waals surface area contributed by atoms with Crippen LogP contribution in [0.25, 0.3) is 0 Å². The largest absolute Gasteiger partial charge is 0.325 e. The minimum atomic E-state index is -0.608. The van der Waals surface area contributed by atoms with Gasteiger partial charge in [0.25, 0.3) is 11.2 Å². The maximum absolute atomic E-state index is 12.0. The molecular formula is C17H19N3O4. The van der Waals surface area contributed by atoms with Gasteiger partial charge in [0, 0.05) is 17.8 Å². The van der Waals surface area contributed by atoms with E-state index in [1.165, 1.54) is 5.56 Å². The fraction of sp³-hybridized carbons (Fsp3) is 0.294. The molecule has 0 spiro atoms. The number of hydrogen-bond donors (Lipinski definition) is 1. The van der Waals surface area contributed by atoms with Crippen molar-refractivity contribution in [3.8, 4) is 0 Å². The van der Waals surface area contributed by atoms with Gasteiger partial charge in [-0.15, -0.1) is 0 Å². The lowest BCUT2D eigenvalue weighted by molar-refractivity contribution is -0.385. The van der Waals surface area contributed by atoms with Gasteiger partial charge in [-0.25, -0.2) is 0 Å². The minimum Gasteiger partial charge on any atom is -0.325 e. The molecule has 7 heteroatoms. The zero-order chi connectivity index (χ0) is 17.5.